The van der Waals surface area contributed by atoms with E-state index in [9.17, 15) is 4.79 Å². The van der Waals surface area contributed by atoms with Crippen molar-refractivity contribution in [3.8, 4) is 0 Å². The first-order valence-corrected chi connectivity index (χ1v) is 8.98. The second-order valence-electron chi connectivity index (χ2n) is 7.12. The SMILES string of the molecule is CC(C)c1cc(C(=O)NC(C)c2ccccn2)c2cnn(C(C)C)c2n1. The van der Waals surface area contributed by atoms with Crippen molar-refractivity contribution in [3.63, 3.8) is 0 Å². The average Bonchev–Trinajstić information content (AvgIpc) is 3.05. The molecule has 0 saturated carbocycles. The van der Waals surface area contributed by atoms with E-state index in [1.165, 1.54) is 0 Å². The highest BCUT2D eigenvalue weighted by Crippen LogP contribution is 2.25. The van der Waals surface area contributed by atoms with Crippen LogP contribution in [-0.2, 0) is 0 Å². The highest BCUT2D eigenvalue weighted by atomic mass is 16.1. The van der Waals surface area contributed by atoms with Gasteiger partial charge in [0.1, 0.15) is 0 Å². The summed E-state index contributed by atoms with van der Waals surface area (Å²) in [7, 11) is 0. The topological polar surface area (TPSA) is 72.7 Å². The van der Waals surface area contributed by atoms with Crippen LogP contribution in [-0.4, -0.2) is 25.7 Å². The van der Waals surface area contributed by atoms with Crippen molar-refractivity contribution in [3.05, 3.63) is 53.6 Å². The maximum atomic E-state index is 13.0. The Bertz CT molecular complexity index is 915. The molecule has 3 aromatic rings. The number of fused-ring (bicyclic) bond motifs is 1. The Morgan fingerprint density at radius 2 is 1.88 bits per heavy atom. The summed E-state index contributed by atoms with van der Waals surface area (Å²) in [6, 6.07) is 7.54. The minimum atomic E-state index is -0.186. The van der Waals surface area contributed by atoms with Gasteiger partial charge >= 0.3 is 0 Å². The molecule has 0 fully saturated rings. The Morgan fingerprint density at radius 3 is 2.50 bits per heavy atom. The van der Waals surface area contributed by atoms with Gasteiger partial charge in [-0.1, -0.05) is 19.9 Å². The first-order valence-electron chi connectivity index (χ1n) is 8.98. The summed E-state index contributed by atoms with van der Waals surface area (Å²) in [4.78, 5) is 22.1. The van der Waals surface area contributed by atoms with E-state index in [0.29, 0.717) is 5.56 Å². The van der Waals surface area contributed by atoms with Crippen LogP contribution in [0.5, 0.6) is 0 Å². The van der Waals surface area contributed by atoms with E-state index in [0.717, 1.165) is 22.4 Å². The van der Waals surface area contributed by atoms with Crippen LogP contribution in [0.15, 0.2) is 36.7 Å². The van der Waals surface area contributed by atoms with Crippen LogP contribution in [0.2, 0.25) is 0 Å². The van der Waals surface area contributed by atoms with Gasteiger partial charge in [-0.05, 0) is 44.9 Å². The number of nitrogens with zero attached hydrogens (tertiary/aromatic N) is 4. The maximum absolute atomic E-state index is 13.0. The lowest BCUT2D eigenvalue weighted by atomic mass is 10.0. The zero-order valence-corrected chi connectivity index (χ0v) is 15.9. The third kappa shape index (κ3) is 3.45. The van der Waals surface area contributed by atoms with Gasteiger partial charge in [-0.25, -0.2) is 9.67 Å². The van der Waals surface area contributed by atoms with Crippen molar-refractivity contribution in [2.45, 2.75) is 52.6 Å². The summed E-state index contributed by atoms with van der Waals surface area (Å²) in [5.74, 6) is 0.0791. The van der Waals surface area contributed by atoms with Crippen LogP contribution < -0.4 is 5.32 Å². The highest BCUT2D eigenvalue weighted by molar-refractivity contribution is 6.05. The molecule has 0 aliphatic heterocycles. The van der Waals surface area contributed by atoms with Crippen LogP contribution in [0.1, 0.15) is 74.4 Å². The monoisotopic (exact) mass is 351 g/mol. The number of nitrogens with one attached hydrogen (secondary N) is 1. The van der Waals surface area contributed by atoms with E-state index in [4.69, 9.17) is 4.98 Å². The number of hydrogen-bond acceptors (Lipinski definition) is 4. The minimum Gasteiger partial charge on any atom is -0.344 e. The summed E-state index contributed by atoms with van der Waals surface area (Å²) in [6.45, 7) is 10.2. The zero-order chi connectivity index (χ0) is 18.8. The quantitative estimate of drug-likeness (QED) is 0.753. The van der Waals surface area contributed by atoms with E-state index in [1.807, 2.05) is 35.9 Å². The second-order valence-corrected chi connectivity index (χ2v) is 7.12. The van der Waals surface area contributed by atoms with E-state index < -0.39 is 0 Å². The largest absolute Gasteiger partial charge is 0.344 e. The van der Waals surface area contributed by atoms with Crippen molar-refractivity contribution in [1.29, 1.82) is 0 Å². The van der Waals surface area contributed by atoms with Gasteiger partial charge in [0.2, 0.25) is 0 Å². The normalized spacial score (nSPS) is 12.7. The fourth-order valence-corrected chi connectivity index (χ4v) is 2.88. The molecule has 0 aliphatic carbocycles. The molecule has 6 nitrogen and oxygen atoms in total. The van der Waals surface area contributed by atoms with Gasteiger partial charge in [-0.2, -0.15) is 5.10 Å². The van der Waals surface area contributed by atoms with Gasteiger partial charge in [-0.3, -0.25) is 9.78 Å². The molecule has 0 saturated heterocycles. The third-order valence-corrected chi connectivity index (χ3v) is 4.39. The molecule has 1 N–H and O–H groups in total. The highest BCUT2D eigenvalue weighted by Gasteiger charge is 2.20. The van der Waals surface area contributed by atoms with E-state index in [-0.39, 0.29) is 23.9 Å². The van der Waals surface area contributed by atoms with Crippen LogP contribution >= 0.6 is 0 Å². The molecule has 136 valence electrons. The molecule has 1 atom stereocenters. The number of carbonyl (C=O) groups excluding carboxylic acids is 1. The van der Waals surface area contributed by atoms with Crippen LogP contribution in [0, 0.1) is 0 Å². The zero-order valence-electron chi connectivity index (χ0n) is 15.9. The van der Waals surface area contributed by atoms with Crippen LogP contribution in [0.4, 0.5) is 0 Å². The summed E-state index contributed by atoms with van der Waals surface area (Å²) in [5, 5.41) is 8.25. The second kappa shape index (κ2) is 7.23. The minimum absolute atomic E-state index is 0.138. The Kier molecular flexibility index (Phi) is 5.02. The van der Waals surface area contributed by atoms with E-state index in [1.54, 1.807) is 12.4 Å². The summed E-state index contributed by atoms with van der Waals surface area (Å²) >= 11 is 0. The van der Waals surface area contributed by atoms with Crippen molar-refractivity contribution in [2.24, 2.45) is 0 Å². The molecule has 26 heavy (non-hydrogen) atoms. The molecular weight excluding hydrogens is 326 g/mol. The third-order valence-electron chi connectivity index (χ3n) is 4.39. The lowest BCUT2D eigenvalue weighted by Crippen LogP contribution is -2.27. The Hall–Kier alpha value is -2.76. The summed E-state index contributed by atoms with van der Waals surface area (Å²) in [5.41, 5.74) is 3.07. The molecule has 1 amide bonds. The van der Waals surface area contributed by atoms with Crippen LogP contribution in [0.25, 0.3) is 11.0 Å². The van der Waals surface area contributed by atoms with Gasteiger partial charge in [0.05, 0.1) is 28.9 Å². The molecule has 0 spiro atoms. The molecule has 0 aromatic carbocycles. The fraction of sp³-hybridized carbons (Fsp3) is 0.400. The van der Waals surface area contributed by atoms with Crippen molar-refractivity contribution >= 4 is 16.9 Å². The molecule has 3 heterocycles. The van der Waals surface area contributed by atoms with Crippen molar-refractivity contribution in [1.82, 2.24) is 25.1 Å². The van der Waals surface area contributed by atoms with Gasteiger partial charge in [0.15, 0.2) is 5.65 Å². The van der Waals surface area contributed by atoms with Gasteiger partial charge < -0.3 is 5.32 Å². The number of rotatable bonds is 5. The lowest BCUT2D eigenvalue weighted by Gasteiger charge is -2.15. The molecule has 0 bridgehead atoms. The lowest BCUT2D eigenvalue weighted by molar-refractivity contribution is 0.0940. The standard InChI is InChI=1S/C20H25N5O/c1-12(2)18-10-15(16-11-22-25(13(3)4)19(16)24-18)20(26)23-14(5)17-8-6-7-9-21-17/h6-14H,1-5H3,(H,23,26). The summed E-state index contributed by atoms with van der Waals surface area (Å²) < 4.78 is 1.86. The number of pyridine rings is 2. The molecule has 0 radical (unpaired) electrons. The number of hydrogen-bond donors (Lipinski definition) is 1. The number of aromatic nitrogens is 4. The fourth-order valence-electron chi connectivity index (χ4n) is 2.88. The summed E-state index contributed by atoms with van der Waals surface area (Å²) in [6.07, 6.45) is 3.46. The first kappa shape index (κ1) is 18.0. The Labute approximate surface area is 153 Å². The van der Waals surface area contributed by atoms with Gasteiger partial charge in [0.25, 0.3) is 5.91 Å². The smallest absolute Gasteiger partial charge is 0.252 e. The molecule has 1 unspecified atom stereocenters. The number of amides is 1. The Morgan fingerprint density at radius 1 is 1.12 bits per heavy atom. The molecule has 0 aliphatic rings. The van der Waals surface area contributed by atoms with E-state index in [2.05, 4.69) is 43.1 Å². The first-order chi connectivity index (χ1) is 12.4. The molecule has 3 aromatic heterocycles. The predicted molar refractivity (Wildman–Crippen MR) is 102 cm³/mol. The predicted octanol–water partition coefficient (Wildman–Crippen LogP) is 4.02. The molecule has 6 heteroatoms. The van der Waals surface area contributed by atoms with Crippen molar-refractivity contribution in [2.75, 3.05) is 0 Å². The number of carbonyl (C=O) groups is 1. The maximum Gasteiger partial charge on any atom is 0.252 e. The average molecular weight is 351 g/mol. The van der Waals surface area contributed by atoms with Crippen LogP contribution in [0.3, 0.4) is 0 Å². The van der Waals surface area contributed by atoms with Gasteiger partial charge in [0, 0.05) is 17.9 Å². The molecule has 3 rings (SSSR count). The Balaban J connectivity index is 2.01. The van der Waals surface area contributed by atoms with Crippen molar-refractivity contribution < 1.29 is 4.79 Å². The van der Waals surface area contributed by atoms with E-state index >= 15 is 0 Å². The van der Waals surface area contributed by atoms with Gasteiger partial charge in [-0.15, -0.1) is 0 Å². The molecular formula is C20H25N5O.